The van der Waals surface area contributed by atoms with Crippen molar-refractivity contribution >= 4 is 0 Å². The van der Waals surface area contributed by atoms with Gasteiger partial charge in [-0.1, -0.05) is 113 Å². The highest BCUT2D eigenvalue weighted by Crippen LogP contribution is 2.47. The summed E-state index contributed by atoms with van der Waals surface area (Å²) < 4.78 is 65.2. The van der Waals surface area contributed by atoms with Gasteiger partial charge in [0.2, 0.25) is 0 Å². The van der Waals surface area contributed by atoms with Gasteiger partial charge in [-0.05, 0) is 132 Å². The van der Waals surface area contributed by atoms with Crippen LogP contribution in [-0.2, 0) is 24.0 Å². The van der Waals surface area contributed by atoms with Crippen LogP contribution in [0.25, 0.3) is 0 Å². The van der Waals surface area contributed by atoms with E-state index in [0.717, 1.165) is 105 Å². The third-order valence-electron chi connectivity index (χ3n) is 15.4. The Hall–Kier alpha value is -8.04. The summed E-state index contributed by atoms with van der Waals surface area (Å²) in [5.41, 5.74) is 9.84. The second-order valence-corrected chi connectivity index (χ2v) is 22.2. The van der Waals surface area contributed by atoms with Crippen LogP contribution in [0.3, 0.4) is 0 Å². The molecule has 0 N–H and O–H groups in total. The average molecular weight is 1140 g/mol. The maximum atomic E-state index is 7.22. The number of para-hydroxylation sites is 1. The minimum atomic E-state index is -0.332. The van der Waals surface area contributed by atoms with E-state index >= 15 is 0 Å². The van der Waals surface area contributed by atoms with Crippen LogP contribution in [0.1, 0.15) is 108 Å². The molecule has 84 heavy (non-hydrogen) atoms. The summed E-state index contributed by atoms with van der Waals surface area (Å²) >= 11 is 0. The minimum Gasteiger partial charge on any atom is -0.496 e. The molecule has 4 saturated heterocycles. The zero-order valence-electron chi connectivity index (χ0n) is 49.0. The fourth-order valence-corrected chi connectivity index (χ4v) is 9.88. The van der Waals surface area contributed by atoms with Gasteiger partial charge in [-0.2, -0.15) is 9.78 Å². The number of aryl methyl sites for hydroxylation is 2. The molecule has 12 rings (SSSR count). The first-order valence-corrected chi connectivity index (χ1v) is 29.0. The lowest BCUT2D eigenvalue weighted by Gasteiger charge is -2.27. The Morgan fingerprint density at radius 2 is 0.798 bits per heavy atom. The van der Waals surface area contributed by atoms with Crippen LogP contribution in [0.2, 0.25) is 0 Å². The largest absolute Gasteiger partial charge is 0.496 e. The number of epoxide rings is 3. The second-order valence-electron chi connectivity index (χ2n) is 22.2. The standard InChI is InChI=1S/C62H64O11.C9H10O2/c1-37(2)43-15-24-60(63-8)55(27-43)42(7)46-28-56(40(5)44-16-22-58(38(3)25-44)69-51-13-9-11-49(30-51)65-33-54-35-67-54)62(71-48-20-18-47(19-21-48)64-32-53-34-66-53)57(29-46)41(6)45-17-23-59(39(4)26-45)70-52-14-10-12-50(31-52)68-36-61-72-73-61;1-2-4-8(5-3-1)10-6-9-7-11-9/h9-31,37,40-42,53-54,61H,32-36H2,1-8H3;1-5,9H,6-7H2. The van der Waals surface area contributed by atoms with E-state index in [1.807, 2.05) is 109 Å². The van der Waals surface area contributed by atoms with E-state index < -0.39 is 0 Å². The number of rotatable bonds is 26. The van der Waals surface area contributed by atoms with Crippen LogP contribution in [0, 0.1) is 13.8 Å². The van der Waals surface area contributed by atoms with E-state index in [9.17, 15) is 0 Å². The first-order valence-electron chi connectivity index (χ1n) is 29.0. The molecule has 8 aromatic rings. The average Bonchev–Trinajstić information content (AvgIpc) is 4.27. The number of hydrogen-bond donors (Lipinski definition) is 0. The molecule has 4 heterocycles. The zero-order valence-corrected chi connectivity index (χ0v) is 49.0. The van der Waals surface area contributed by atoms with Crippen molar-refractivity contribution in [1.82, 2.24) is 0 Å². The van der Waals surface area contributed by atoms with E-state index in [2.05, 4.69) is 109 Å². The smallest absolute Gasteiger partial charge is 0.258 e. The molecule has 0 bridgehead atoms. The monoisotopic (exact) mass is 1130 g/mol. The lowest BCUT2D eigenvalue weighted by molar-refractivity contribution is 0.0850. The Labute approximate surface area is 493 Å². The van der Waals surface area contributed by atoms with Crippen molar-refractivity contribution in [3.63, 3.8) is 0 Å². The van der Waals surface area contributed by atoms with Crippen molar-refractivity contribution in [1.29, 1.82) is 0 Å². The predicted molar refractivity (Wildman–Crippen MR) is 322 cm³/mol. The normalized spacial score (nSPS) is 17.6. The molecule has 0 amide bonds. The Bertz CT molecular complexity index is 3340. The van der Waals surface area contributed by atoms with Crippen LogP contribution in [0.4, 0.5) is 0 Å². The number of ether oxygens (including phenoxy) is 11. The van der Waals surface area contributed by atoms with Gasteiger partial charge in [-0.3, -0.25) is 0 Å². The Morgan fingerprint density at radius 3 is 1.27 bits per heavy atom. The quantitative estimate of drug-likeness (QED) is 0.0376. The molecule has 0 radical (unpaired) electrons. The molecule has 6 atom stereocenters. The van der Waals surface area contributed by atoms with Gasteiger partial charge in [0.15, 0.2) is 0 Å². The van der Waals surface area contributed by atoms with Gasteiger partial charge >= 0.3 is 0 Å². The van der Waals surface area contributed by atoms with Gasteiger partial charge < -0.3 is 52.1 Å². The van der Waals surface area contributed by atoms with Gasteiger partial charge in [0, 0.05) is 46.6 Å². The van der Waals surface area contributed by atoms with Crippen molar-refractivity contribution in [2.24, 2.45) is 0 Å². The first kappa shape index (κ1) is 57.8. The van der Waals surface area contributed by atoms with Crippen molar-refractivity contribution in [2.45, 2.75) is 96.7 Å². The molecule has 436 valence electrons. The fraction of sp³-hybridized carbons (Fsp3) is 0.324. The summed E-state index contributed by atoms with van der Waals surface area (Å²) in [5.74, 6) is 8.38. The predicted octanol–water partition coefficient (Wildman–Crippen LogP) is 16.0. The minimum absolute atomic E-state index is 0.0397. The molecule has 13 heteroatoms. The number of hydrogen-bond acceptors (Lipinski definition) is 13. The van der Waals surface area contributed by atoms with Crippen molar-refractivity contribution in [3.05, 3.63) is 220 Å². The van der Waals surface area contributed by atoms with Gasteiger partial charge in [0.1, 0.15) is 108 Å². The summed E-state index contributed by atoms with van der Waals surface area (Å²) in [6, 6.07) is 57.1. The molecule has 4 aliphatic heterocycles. The van der Waals surface area contributed by atoms with Gasteiger partial charge in [0.25, 0.3) is 6.29 Å². The maximum absolute atomic E-state index is 7.22. The highest BCUT2D eigenvalue weighted by molar-refractivity contribution is 5.58. The lowest BCUT2D eigenvalue weighted by atomic mass is 9.80. The molecule has 6 unspecified atom stereocenters. The second kappa shape index (κ2) is 26.7. The highest BCUT2D eigenvalue weighted by Gasteiger charge is 2.30. The molecule has 4 fully saturated rings. The van der Waals surface area contributed by atoms with Crippen LogP contribution in [-0.4, -0.2) is 78.0 Å². The SMILES string of the molecule is COc1ccc(C(C)C)cc1C(C)c1cc(C(C)c2ccc(Oc3cccc(OCC4CO4)c3)c(C)c2)c(Oc2ccc(OCC3CO3)cc2)c(C(C)c2ccc(Oc3cccc(OCC4OO4)c3)c(C)c2)c1.c1ccc(OCC2CO2)cc1. The summed E-state index contributed by atoms with van der Waals surface area (Å²) in [7, 11) is 1.75. The van der Waals surface area contributed by atoms with Crippen molar-refractivity contribution in [2.75, 3.05) is 53.4 Å². The number of benzene rings is 8. The fourth-order valence-electron chi connectivity index (χ4n) is 9.88. The molecule has 0 saturated carbocycles. The third-order valence-corrected chi connectivity index (χ3v) is 15.4. The molecule has 13 nitrogen and oxygen atoms in total. The summed E-state index contributed by atoms with van der Waals surface area (Å²) in [6.07, 6.45) is 0.328. The van der Waals surface area contributed by atoms with Crippen molar-refractivity contribution in [3.8, 4) is 63.2 Å². The van der Waals surface area contributed by atoms with E-state index in [4.69, 9.17) is 61.9 Å². The first-order chi connectivity index (χ1) is 40.9. The molecule has 0 aromatic heterocycles. The Balaban J connectivity index is 0.000000597. The Kier molecular flexibility index (Phi) is 18.3. The van der Waals surface area contributed by atoms with Gasteiger partial charge in [0.05, 0.1) is 26.9 Å². The highest BCUT2D eigenvalue weighted by atomic mass is 17.4. The van der Waals surface area contributed by atoms with Crippen LogP contribution >= 0.6 is 0 Å². The summed E-state index contributed by atoms with van der Waals surface area (Å²) in [5, 5.41) is 0. The van der Waals surface area contributed by atoms with E-state index in [-0.39, 0.29) is 36.3 Å². The van der Waals surface area contributed by atoms with E-state index in [1.165, 1.54) is 5.56 Å². The van der Waals surface area contributed by atoms with Crippen LogP contribution in [0.5, 0.6) is 63.2 Å². The Morgan fingerprint density at radius 1 is 0.381 bits per heavy atom. The van der Waals surface area contributed by atoms with Crippen molar-refractivity contribution < 1.29 is 61.9 Å². The molecular formula is C71H74O13. The summed E-state index contributed by atoms with van der Waals surface area (Å²) in [6.45, 7) is 19.8. The zero-order chi connectivity index (χ0) is 58.1. The molecule has 8 aromatic carbocycles. The molecule has 0 aliphatic carbocycles. The molecule has 4 aliphatic rings. The van der Waals surface area contributed by atoms with E-state index in [0.29, 0.717) is 61.4 Å². The van der Waals surface area contributed by atoms with Crippen LogP contribution in [0.15, 0.2) is 170 Å². The molecule has 0 spiro atoms. The van der Waals surface area contributed by atoms with E-state index in [1.54, 1.807) is 7.11 Å². The number of methoxy groups -OCH3 is 1. The van der Waals surface area contributed by atoms with Gasteiger partial charge in [-0.15, -0.1) is 0 Å². The topological polar surface area (TPSA) is 136 Å². The third kappa shape index (κ3) is 15.6. The van der Waals surface area contributed by atoms with Gasteiger partial charge in [-0.25, -0.2) is 0 Å². The lowest BCUT2D eigenvalue weighted by Crippen LogP contribution is -2.10. The maximum Gasteiger partial charge on any atom is 0.258 e. The summed E-state index contributed by atoms with van der Waals surface area (Å²) in [4.78, 5) is 9.68. The molecular weight excluding hydrogens is 1060 g/mol. The van der Waals surface area contributed by atoms with Crippen LogP contribution < -0.4 is 37.9 Å².